The van der Waals surface area contributed by atoms with Crippen LogP contribution in [0.5, 0.6) is 0 Å². The monoisotopic (exact) mass is 365 g/mol. The minimum atomic E-state index is -0.0581. The Balaban J connectivity index is 1.33. The third-order valence-electron chi connectivity index (χ3n) is 5.92. The largest absolute Gasteiger partial charge is 0.356 e. The van der Waals surface area contributed by atoms with E-state index in [2.05, 4.69) is 20.9 Å². The van der Waals surface area contributed by atoms with Crippen molar-refractivity contribution in [1.29, 1.82) is 0 Å². The number of nitrogens with zero attached hydrogens (tertiary/aromatic N) is 2. The Morgan fingerprint density at radius 1 is 1.00 bits per heavy atom. The van der Waals surface area contributed by atoms with Crippen molar-refractivity contribution in [3.63, 3.8) is 0 Å². The number of carbonyl (C=O) groups excluding carboxylic acids is 2. The Bertz CT molecular complexity index is 461. The lowest BCUT2D eigenvalue weighted by molar-refractivity contribution is -0.126. The molecule has 0 spiro atoms. The lowest BCUT2D eigenvalue weighted by Gasteiger charge is -2.33. The van der Waals surface area contributed by atoms with E-state index in [0.717, 1.165) is 77.9 Å². The minimum Gasteiger partial charge on any atom is -0.356 e. The first-order valence-electron chi connectivity index (χ1n) is 10.5. The molecule has 3 N–H and O–H groups in total. The van der Waals surface area contributed by atoms with Crippen LogP contribution in [0.1, 0.15) is 44.9 Å². The van der Waals surface area contributed by atoms with Crippen LogP contribution in [-0.4, -0.2) is 80.1 Å². The molecule has 2 heterocycles. The second kappa shape index (κ2) is 10.1. The fourth-order valence-electron chi connectivity index (χ4n) is 4.31. The molecule has 148 valence electrons. The van der Waals surface area contributed by atoms with E-state index in [0.29, 0.717) is 12.6 Å². The zero-order chi connectivity index (χ0) is 18.2. The lowest BCUT2D eigenvalue weighted by Crippen LogP contribution is -2.50. The van der Waals surface area contributed by atoms with Crippen LogP contribution in [0.25, 0.3) is 0 Å². The third kappa shape index (κ3) is 5.84. The number of rotatable bonds is 6. The summed E-state index contributed by atoms with van der Waals surface area (Å²) in [4.78, 5) is 29.2. The zero-order valence-corrected chi connectivity index (χ0v) is 16.0. The molecule has 2 aliphatic heterocycles. The molecular weight excluding hydrogens is 330 g/mol. The predicted octanol–water partition coefficient (Wildman–Crippen LogP) is 0.762. The molecule has 1 atom stereocenters. The highest BCUT2D eigenvalue weighted by Gasteiger charge is 2.29. The molecule has 0 aromatic heterocycles. The van der Waals surface area contributed by atoms with Gasteiger partial charge in [0, 0.05) is 51.9 Å². The number of piperazine rings is 1. The summed E-state index contributed by atoms with van der Waals surface area (Å²) in [6.07, 6.45) is 7.40. The molecule has 3 rings (SSSR count). The summed E-state index contributed by atoms with van der Waals surface area (Å²) in [6, 6.07) is 0.356. The molecule has 7 nitrogen and oxygen atoms in total. The fourth-order valence-corrected chi connectivity index (χ4v) is 4.31. The van der Waals surface area contributed by atoms with Crippen LogP contribution in [0.2, 0.25) is 0 Å². The van der Waals surface area contributed by atoms with E-state index in [1.165, 1.54) is 12.8 Å². The summed E-state index contributed by atoms with van der Waals surface area (Å²) in [5, 5.41) is 9.58. The molecule has 1 saturated carbocycles. The SMILES string of the molecule is O=C(NCCCN1CCNCC1)C1CCCN(C(=O)NC2CCCC2)C1. The second-order valence-electron chi connectivity index (χ2n) is 7.95. The van der Waals surface area contributed by atoms with Crippen LogP contribution in [0.15, 0.2) is 0 Å². The molecule has 0 aromatic rings. The lowest BCUT2D eigenvalue weighted by atomic mass is 9.97. The van der Waals surface area contributed by atoms with Gasteiger partial charge in [0.25, 0.3) is 0 Å². The van der Waals surface area contributed by atoms with Gasteiger partial charge in [0.1, 0.15) is 0 Å². The molecule has 0 bridgehead atoms. The van der Waals surface area contributed by atoms with E-state index < -0.39 is 0 Å². The van der Waals surface area contributed by atoms with Crippen molar-refractivity contribution < 1.29 is 9.59 Å². The van der Waals surface area contributed by atoms with Gasteiger partial charge in [-0.1, -0.05) is 12.8 Å². The van der Waals surface area contributed by atoms with Gasteiger partial charge in [-0.15, -0.1) is 0 Å². The Kier molecular flexibility index (Phi) is 7.55. The molecule has 0 aromatic carbocycles. The fraction of sp³-hybridized carbons (Fsp3) is 0.895. The summed E-state index contributed by atoms with van der Waals surface area (Å²) < 4.78 is 0. The topological polar surface area (TPSA) is 76.7 Å². The van der Waals surface area contributed by atoms with Gasteiger partial charge < -0.3 is 25.8 Å². The number of piperidine rings is 1. The summed E-state index contributed by atoms with van der Waals surface area (Å²) in [6.45, 7) is 7.42. The van der Waals surface area contributed by atoms with Crippen molar-refractivity contribution >= 4 is 11.9 Å². The predicted molar refractivity (Wildman–Crippen MR) is 102 cm³/mol. The Morgan fingerprint density at radius 2 is 1.77 bits per heavy atom. The number of nitrogens with one attached hydrogen (secondary N) is 3. The van der Waals surface area contributed by atoms with Crippen molar-refractivity contribution in [2.45, 2.75) is 51.0 Å². The summed E-state index contributed by atoms with van der Waals surface area (Å²) in [5.41, 5.74) is 0. The molecule has 0 radical (unpaired) electrons. The van der Waals surface area contributed by atoms with Crippen LogP contribution in [-0.2, 0) is 4.79 Å². The van der Waals surface area contributed by atoms with Crippen molar-refractivity contribution in [2.75, 3.05) is 52.4 Å². The molecule has 1 unspecified atom stereocenters. The van der Waals surface area contributed by atoms with Crippen molar-refractivity contribution in [3.05, 3.63) is 0 Å². The average Bonchev–Trinajstić information content (AvgIpc) is 3.19. The highest BCUT2D eigenvalue weighted by atomic mass is 16.2. The van der Waals surface area contributed by atoms with Crippen LogP contribution < -0.4 is 16.0 Å². The van der Waals surface area contributed by atoms with Gasteiger partial charge in [-0.2, -0.15) is 0 Å². The Labute approximate surface area is 157 Å². The summed E-state index contributed by atoms with van der Waals surface area (Å²) in [7, 11) is 0. The maximum absolute atomic E-state index is 12.5. The van der Waals surface area contributed by atoms with Gasteiger partial charge in [0.15, 0.2) is 0 Å². The van der Waals surface area contributed by atoms with E-state index in [9.17, 15) is 9.59 Å². The average molecular weight is 366 g/mol. The van der Waals surface area contributed by atoms with Gasteiger partial charge in [0.2, 0.25) is 5.91 Å². The van der Waals surface area contributed by atoms with E-state index >= 15 is 0 Å². The quantitative estimate of drug-likeness (QED) is 0.608. The van der Waals surface area contributed by atoms with E-state index in [1.807, 2.05) is 4.90 Å². The normalized spacial score (nSPS) is 25.2. The second-order valence-corrected chi connectivity index (χ2v) is 7.95. The Hall–Kier alpha value is -1.34. The van der Waals surface area contributed by atoms with Crippen molar-refractivity contribution in [2.24, 2.45) is 5.92 Å². The molecule has 3 fully saturated rings. The van der Waals surface area contributed by atoms with Gasteiger partial charge in [0.05, 0.1) is 5.92 Å². The van der Waals surface area contributed by atoms with Crippen LogP contribution >= 0.6 is 0 Å². The van der Waals surface area contributed by atoms with E-state index in [4.69, 9.17) is 0 Å². The molecule has 2 saturated heterocycles. The van der Waals surface area contributed by atoms with Crippen molar-refractivity contribution in [1.82, 2.24) is 25.8 Å². The zero-order valence-electron chi connectivity index (χ0n) is 16.0. The van der Waals surface area contributed by atoms with E-state index in [1.54, 1.807) is 0 Å². The maximum Gasteiger partial charge on any atom is 0.317 e. The van der Waals surface area contributed by atoms with Gasteiger partial charge >= 0.3 is 6.03 Å². The maximum atomic E-state index is 12.5. The first kappa shape index (κ1) is 19.4. The number of urea groups is 1. The molecular formula is C19H35N5O2. The minimum absolute atomic E-state index is 0.0214. The number of carbonyl (C=O) groups is 2. The number of hydrogen-bond donors (Lipinski definition) is 3. The molecule has 3 aliphatic rings. The van der Waals surface area contributed by atoms with Crippen LogP contribution in [0.3, 0.4) is 0 Å². The molecule has 1 aliphatic carbocycles. The highest BCUT2D eigenvalue weighted by Crippen LogP contribution is 2.20. The summed E-state index contributed by atoms with van der Waals surface area (Å²) in [5.74, 6) is 0.0564. The van der Waals surface area contributed by atoms with E-state index in [-0.39, 0.29) is 17.9 Å². The van der Waals surface area contributed by atoms with Gasteiger partial charge in [-0.3, -0.25) is 4.79 Å². The number of hydrogen-bond acceptors (Lipinski definition) is 4. The highest BCUT2D eigenvalue weighted by molar-refractivity contribution is 5.80. The van der Waals surface area contributed by atoms with Gasteiger partial charge in [-0.05, 0) is 38.6 Å². The van der Waals surface area contributed by atoms with Crippen molar-refractivity contribution in [3.8, 4) is 0 Å². The van der Waals surface area contributed by atoms with Gasteiger partial charge in [-0.25, -0.2) is 4.79 Å². The Morgan fingerprint density at radius 3 is 2.54 bits per heavy atom. The standard InChI is InChI=1S/C19H35N5O2/c25-18(21-8-4-11-23-13-9-20-10-14-23)16-5-3-12-24(15-16)19(26)22-17-6-1-2-7-17/h16-17,20H,1-15H2,(H,21,25)(H,22,26). The first-order chi connectivity index (χ1) is 12.7. The number of likely N-dealkylation sites (tertiary alicyclic amines) is 1. The summed E-state index contributed by atoms with van der Waals surface area (Å²) >= 11 is 0. The van der Waals surface area contributed by atoms with Crippen LogP contribution in [0.4, 0.5) is 4.79 Å². The van der Waals surface area contributed by atoms with Crippen LogP contribution in [0, 0.1) is 5.92 Å². The molecule has 3 amide bonds. The third-order valence-corrected chi connectivity index (χ3v) is 5.92. The first-order valence-corrected chi connectivity index (χ1v) is 10.5. The number of amides is 3. The smallest absolute Gasteiger partial charge is 0.317 e. The molecule has 26 heavy (non-hydrogen) atoms. The molecule has 7 heteroatoms.